The Hall–Kier alpha value is -1.08. The van der Waals surface area contributed by atoms with Gasteiger partial charge in [0.2, 0.25) is 0 Å². The number of benzene rings is 1. The summed E-state index contributed by atoms with van der Waals surface area (Å²) in [6, 6.07) is 9.36. The van der Waals surface area contributed by atoms with E-state index in [1.807, 2.05) is 22.7 Å². The van der Waals surface area contributed by atoms with E-state index >= 15 is 0 Å². The molecule has 4 aromatic rings. The molecule has 0 spiro atoms. The van der Waals surface area contributed by atoms with Crippen molar-refractivity contribution >= 4 is 61.4 Å². The Morgan fingerprint density at radius 3 is 2.34 bits per heavy atom. The van der Waals surface area contributed by atoms with E-state index in [0.717, 1.165) is 16.4 Å². The lowest BCUT2D eigenvalue weighted by atomic mass is 9.77. The molecule has 1 unspecified atom stereocenters. The summed E-state index contributed by atoms with van der Waals surface area (Å²) < 4.78 is 9.20. The van der Waals surface area contributed by atoms with Gasteiger partial charge in [-0.1, -0.05) is 67.1 Å². The fraction of sp³-hybridized carbons (Fsp3) is 0.462. The van der Waals surface area contributed by atoms with Crippen LogP contribution in [0.25, 0.3) is 31.2 Å². The molecule has 0 fully saturated rings. The Balaban J connectivity index is 1.45. The molecule has 6 heteroatoms. The number of rotatable bonds is 9. The first kappa shape index (κ1) is 22.7. The van der Waals surface area contributed by atoms with Gasteiger partial charge < -0.3 is 0 Å². The van der Waals surface area contributed by atoms with E-state index in [4.69, 9.17) is 0 Å². The third kappa shape index (κ3) is 3.91. The number of fused-ring (bicyclic) bond motifs is 4. The van der Waals surface area contributed by atoms with Crippen molar-refractivity contribution in [3.05, 3.63) is 45.8 Å². The van der Waals surface area contributed by atoms with Gasteiger partial charge >= 0.3 is 0 Å². The van der Waals surface area contributed by atoms with Gasteiger partial charge in [0.15, 0.2) is 0 Å². The van der Waals surface area contributed by atoms with Crippen LogP contribution in [0.3, 0.4) is 0 Å². The van der Waals surface area contributed by atoms with Gasteiger partial charge in [0.1, 0.15) is 11.0 Å². The first-order valence-corrected chi connectivity index (χ1v) is 15.0. The monoisotopic (exact) mass is 544 g/mol. The zero-order valence-electron chi connectivity index (χ0n) is 19.0. The predicted molar refractivity (Wildman–Crippen MR) is 146 cm³/mol. The molecule has 5 rings (SSSR count). The van der Waals surface area contributed by atoms with Crippen molar-refractivity contribution in [2.75, 3.05) is 5.33 Å². The molecule has 0 saturated carbocycles. The summed E-state index contributed by atoms with van der Waals surface area (Å²) in [4.78, 5) is 5.77. The Kier molecular flexibility index (Phi) is 6.58. The van der Waals surface area contributed by atoms with E-state index in [1.165, 1.54) is 92.9 Å². The quantitative estimate of drug-likeness (QED) is 0.155. The number of nitrogens with zero attached hydrogens (tertiary/aromatic N) is 2. The van der Waals surface area contributed by atoms with Gasteiger partial charge in [0.25, 0.3) is 0 Å². The Morgan fingerprint density at radius 2 is 1.53 bits per heavy atom. The van der Waals surface area contributed by atoms with Crippen LogP contribution in [0.15, 0.2) is 24.3 Å². The topological polar surface area (TPSA) is 25.8 Å². The van der Waals surface area contributed by atoms with Crippen LogP contribution in [-0.4, -0.2) is 14.1 Å². The minimum absolute atomic E-state index is 0.129. The minimum Gasteiger partial charge on any atom is -0.173 e. The molecule has 0 saturated heterocycles. The van der Waals surface area contributed by atoms with Crippen LogP contribution >= 0.6 is 50.3 Å². The molecule has 0 bridgehead atoms. The largest absolute Gasteiger partial charge is 0.173 e. The molecule has 168 valence electrons. The normalized spacial score (nSPS) is 17.2. The predicted octanol–water partition coefficient (Wildman–Crippen LogP) is 9.51. The van der Waals surface area contributed by atoms with Gasteiger partial charge in [-0.15, -0.1) is 22.7 Å². The van der Waals surface area contributed by atoms with Crippen LogP contribution < -0.4 is 0 Å². The van der Waals surface area contributed by atoms with Crippen LogP contribution in [0.5, 0.6) is 0 Å². The molecule has 1 aliphatic rings. The first-order valence-electron chi connectivity index (χ1n) is 11.6. The second-order valence-electron chi connectivity index (χ2n) is 9.24. The number of halogens is 1. The maximum Gasteiger partial charge on any atom is 0.113 e. The zero-order valence-corrected chi connectivity index (χ0v) is 23.0. The molecule has 32 heavy (non-hydrogen) atoms. The summed E-state index contributed by atoms with van der Waals surface area (Å²) in [5, 5.41) is 1.14. The molecular formula is C26H29BrN2S3. The summed E-state index contributed by atoms with van der Waals surface area (Å²) in [5.74, 6) is 0. The van der Waals surface area contributed by atoms with E-state index in [9.17, 15) is 0 Å². The maximum absolute atomic E-state index is 4.65. The lowest BCUT2D eigenvalue weighted by Gasteiger charge is -2.26. The lowest BCUT2D eigenvalue weighted by Crippen LogP contribution is -2.19. The highest BCUT2D eigenvalue weighted by atomic mass is 79.9. The SMILES string of the molecule is Cc1cc2c(s1)-c1sc(-c3ccc(C)c4nsnc34)cc1C2(C)CCCCCCCCBr. The van der Waals surface area contributed by atoms with Crippen LogP contribution in [0.4, 0.5) is 0 Å². The van der Waals surface area contributed by atoms with E-state index < -0.39 is 0 Å². The molecule has 2 nitrogen and oxygen atoms in total. The van der Waals surface area contributed by atoms with Crippen molar-refractivity contribution < 1.29 is 0 Å². The van der Waals surface area contributed by atoms with Gasteiger partial charge in [0, 0.05) is 35.8 Å². The highest BCUT2D eigenvalue weighted by Crippen LogP contribution is 2.58. The average molecular weight is 546 g/mol. The van der Waals surface area contributed by atoms with Gasteiger partial charge in [-0.25, -0.2) is 0 Å². The van der Waals surface area contributed by atoms with Gasteiger partial charge in [0.05, 0.1) is 11.7 Å². The maximum atomic E-state index is 4.65. The summed E-state index contributed by atoms with van der Waals surface area (Å²) in [7, 11) is 0. The fourth-order valence-corrected chi connectivity index (χ4v) is 8.71. The first-order chi connectivity index (χ1) is 15.5. The standard InChI is InChI=1S/C26H29BrN2S3/c1-16-10-11-18(23-22(16)28-32-29-23)21-15-20-25(31-21)24-19(14-17(2)30-24)26(20,3)12-8-6-4-5-7-9-13-27/h10-11,14-15H,4-9,12-13H2,1-3H3. The number of hydrogen-bond acceptors (Lipinski definition) is 5. The molecule has 0 amide bonds. The highest BCUT2D eigenvalue weighted by Gasteiger charge is 2.42. The molecular weight excluding hydrogens is 516 g/mol. The van der Waals surface area contributed by atoms with Crippen LogP contribution in [0, 0.1) is 13.8 Å². The number of hydrogen-bond donors (Lipinski definition) is 0. The summed E-state index contributed by atoms with van der Waals surface area (Å²) in [6.45, 7) is 6.87. The zero-order chi connectivity index (χ0) is 22.3. The highest BCUT2D eigenvalue weighted by molar-refractivity contribution is 9.09. The van der Waals surface area contributed by atoms with Gasteiger partial charge in [-0.05, 0) is 55.5 Å². The lowest BCUT2D eigenvalue weighted by molar-refractivity contribution is 0.482. The summed E-state index contributed by atoms with van der Waals surface area (Å²) >= 11 is 8.79. The number of thiophene rings is 2. The van der Waals surface area contributed by atoms with Crippen molar-refractivity contribution in [3.8, 4) is 20.2 Å². The fourth-order valence-electron chi connectivity index (χ4n) is 5.08. The number of aryl methyl sites for hydroxylation is 2. The molecule has 0 aliphatic heterocycles. The minimum atomic E-state index is 0.129. The number of aromatic nitrogens is 2. The van der Waals surface area contributed by atoms with Crippen molar-refractivity contribution in [3.63, 3.8) is 0 Å². The third-order valence-corrected chi connectivity index (χ3v) is 10.4. The van der Waals surface area contributed by atoms with Crippen LogP contribution in [-0.2, 0) is 5.41 Å². The van der Waals surface area contributed by atoms with Crippen molar-refractivity contribution in [2.45, 2.75) is 71.1 Å². The van der Waals surface area contributed by atoms with Crippen molar-refractivity contribution in [1.29, 1.82) is 0 Å². The van der Waals surface area contributed by atoms with Crippen LogP contribution in [0.1, 0.15) is 73.4 Å². The Labute approximate surface area is 211 Å². The van der Waals surface area contributed by atoms with E-state index in [-0.39, 0.29) is 5.41 Å². The number of unbranched alkanes of at least 4 members (excludes halogenated alkanes) is 5. The van der Waals surface area contributed by atoms with E-state index in [0.29, 0.717) is 0 Å². The van der Waals surface area contributed by atoms with Gasteiger partial charge in [-0.3, -0.25) is 0 Å². The summed E-state index contributed by atoms with van der Waals surface area (Å²) in [6.07, 6.45) is 9.25. The van der Waals surface area contributed by atoms with Crippen LogP contribution in [0.2, 0.25) is 0 Å². The Bertz CT molecular complexity index is 1250. The number of alkyl halides is 1. The van der Waals surface area contributed by atoms with E-state index in [2.05, 4.69) is 69.7 Å². The van der Waals surface area contributed by atoms with E-state index in [1.54, 1.807) is 5.56 Å². The molecule has 3 aromatic heterocycles. The third-order valence-electron chi connectivity index (χ3n) is 6.93. The molecule has 1 atom stereocenters. The van der Waals surface area contributed by atoms with Gasteiger partial charge in [-0.2, -0.15) is 8.75 Å². The summed E-state index contributed by atoms with van der Waals surface area (Å²) in [5.41, 5.74) is 7.79. The molecule has 0 radical (unpaired) electrons. The molecule has 0 N–H and O–H groups in total. The van der Waals surface area contributed by atoms with Crippen molar-refractivity contribution in [2.24, 2.45) is 0 Å². The second-order valence-corrected chi connectivity index (χ2v) is 12.9. The van der Waals surface area contributed by atoms with Crippen molar-refractivity contribution in [1.82, 2.24) is 8.75 Å². The Morgan fingerprint density at radius 1 is 0.844 bits per heavy atom. The molecule has 1 aromatic carbocycles. The second kappa shape index (κ2) is 9.28. The average Bonchev–Trinajstić information content (AvgIpc) is 3.53. The molecule has 1 aliphatic carbocycles. The smallest absolute Gasteiger partial charge is 0.113 e. The molecule has 3 heterocycles.